The van der Waals surface area contributed by atoms with Crippen molar-refractivity contribution in [1.82, 2.24) is 15.5 Å². The molecule has 288 valence electrons. The van der Waals surface area contributed by atoms with Gasteiger partial charge in [-0.1, -0.05) is 19.1 Å². The standard InChI is InChI=1S/C34H53N3O14/c1-4-6-26(41)37-14-5-12-36-25(40)15-23(35-13-11-22(16-37)48-19(3)39)20-7-9-21(10-8-20)49-34-32(30(45)27(42)18(2)47-34)51-33-31(46)29(44)28(43)24(17-38)50-33/h7-10,18,22-24,27-35,38,42-46H,4-6,11-17H2,1-3H3,(H,36,40)/t18-,22+,23-,24+,27-,28+,29-,30+,31+,32+,33-,34-/m0/s1. The SMILES string of the molecule is CCCC(=O)N1CCCNC(=O)C[C@@H](c2ccc(O[C@@H]3O[C@@H](C)[C@H](O)[C@@H](O)[C@H]3O[C@@H]3O[C@H](CO)[C@@H](O)[C@H](O)[C@H]3O)cc2)NCC[C@@H](OC(C)=O)C1. The molecule has 3 fully saturated rings. The highest BCUT2D eigenvalue weighted by molar-refractivity contribution is 5.77. The van der Waals surface area contributed by atoms with E-state index >= 15 is 0 Å². The Labute approximate surface area is 296 Å². The number of aliphatic hydroxyl groups excluding tert-OH is 6. The summed E-state index contributed by atoms with van der Waals surface area (Å²) in [5.41, 5.74) is 0.735. The molecule has 3 heterocycles. The van der Waals surface area contributed by atoms with Crippen LogP contribution in [-0.4, -0.2) is 154 Å². The summed E-state index contributed by atoms with van der Waals surface area (Å²) in [6.45, 7) is 5.48. The van der Waals surface area contributed by atoms with Crippen LogP contribution in [0.25, 0.3) is 0 Å². The third-order valence-electron chi connectivity index (χ3n) is 9.21. The lowest BCUT2D eigenvalue weighted by atomic mass is 9.97. The topological polar surface area (TPSA) is 246 Å². The van der Waals surface area contributed by atoms with Crippen LogP contribution >= 0.6 is 0 Å². The molecule has 3 aliphatic heterocycles. The zero-order chi connectivity index (χ0) is 37.2. The summed E-state index contributed by atoms with van der Waals surface area (Å²) in [7, 11) is 0. The molecular formula is C34H53N3O14. The fourth-order valence-corrected chi connectivity index (χ4v) is 6.33. The molecule has 0 aromatic heterocycles. The van der Waals surface area contributed by atoms with E-state index < -0.39 is 86.1 Å². The maximum absolute atomic E-state index is 12.9. The lowest BCUT2D eigenvalue weighted by molar-refractivity contribution is -0.355. The molecule has 12 atom stereocenters. The van der Waals surface area contributed by atoms with Gasteiger partial charge in [-0.15, -0.1) is 0 Å². The fraction of sp³-hybridized carbons (Fsp3) is 0.735. The number of esters is 1. The van der Waals surface area contributed by atoms with Gasteiger partial charge in [0.25, 0.3) is 0 Å². The van der Waals surface area contributed by atoms with Crippen molar-refractivity contribution in [3.05, 3.63) is 29.8 Å². The van der Waals surface area contributed by atoms with Crippen LogP contribution in [0.5, 0.6) is 5.75 Å². The molecule has 0 bridgehead atoms. The molecule has 51 heavy (non-hydrogen) atoms. The fourth-order valence-electron chi connectivity index (χ4n) is 6.33. The largest absolute Gasteiger partial charge is 0.462 e. The van der Waals surface area contributed by atoms with Crippen LogP contribution in [0, 0.1) is 0 Å². The predicted octanol–water partition coefficient (Wildman–Crippen LogP) is -1.79. The summed E-state index contributed by atoms with van der Waals surface area (Å²) < 4.78 is 28.6. The number of hydrogen-bond acceptors (Lipinski definition) is 15. The first-order valence-electron chi connectivity index (χ1n) is 17.5. The van der Waals surface area contributed by atoms with Gasteiger partial charge in [0.2, 0.25) is 18.1 Å². The van der Waals surface area contributed by atoms with Gasteiger partial charge < -0.3 is 69.9 Å². The van der Waals surface area contributed by atoms with Gasteiger partial charge >= 0.3 is 5.97 Å². The van der Waals surface area contributed by atoms with Crippen LogP contribution in [0.3, 0.4) is 0 Å². The molecule has 0 unspecified atom stereocenters. The normalized spacial score (nSPS) is 35.8. The molecule has 0 spiro atoms. The van der Waals surface area contributed by atoms with E-state index in [0.29, 0.717) is 45.3 Å². The summed E-state index contributed by atoms with van der Waals surface area (Å²) in [5, 5.41) is 68.0. The zero-order valence-corrected chi connectivity index (χ0v) is 29.2. The molecule has 1 aromatic carbocycles. The van der Waals surface area contributed by atoms with Gasteiger partial charge in [0, 0.05) is 38.9 Å². The molecule has 3 aliphatic rings. The van der Waals surface area contributed by atoms with Crippen molar-refractivity contribution in [2.75, 3.05) is 32.8 Å². The Kier molecular flexibility index (Phi) is 15.4. The zero-order valence-electron chi connectivity index (χ0n) is 29.2. The molecule has 8 N–H and O–H groups in total. The number of benzene rings is 1. The molecule has 4 rings (SSSR count). The first-order chi connectivity index (χ1) is 24.3. The average Bonchev–Trinajstić information content (AvgIpc) is 3.11. The van der Waals surface area contributed by atoms with Gasteiger partial charge in [0.1, 0.15) is 48.5 Å². The van der Waals surface area contributed by atoms with E-state index in [2.05, 4.69) is 10.6 Å². The van der Waals surface area contributed by atoms with Gasteiger partial charge in [-0.05, 0) is 50.4 Å². The second-order valence-electron chi connectivity index (χ2n) is 13.2. The summed E-state index contributed by atoms with van der Waals surface area (Å²) in [6, 6.07) is 6.26. The van der Waals surface area contributed by atoms with Crippen molar-refractivity contribution in [3.63, 3.8) is 0 Å². The Morgan fingerprint density at radius 1 is 0.961 bits per heavy atom. The maximum atomic E-state index is 12.9. The maximum Gasteiger partial charge on any atom is 0.302 e. The number of nitrogens with one attached hydrogen (secondary N) is 2. The Morgan fingerprint density at radius 3 is 2.35 bits per heavy atom. The second-order valence-corrected chi connectivity index (χ2v) is 13.2. The van der Waals surface area contributed by atoms with E-state index in [0.717, 1.165) is 5.56 Å². The van der Waals surface area contributed by atoms with E-state index in [9.17, 15) is 45.0 Å². The van der Waals surface area contributed by atoms with E-state index in [1.165, 1.54) is 13.8 Å². The Bertz CT molecular complexity index is 1270. The number of hydrogen-bond donors (Lipinski definition) is 8. The quantitative estimate of drug-likeness (QED) is 0.131. The predicted molar refractivity (Wildman–Crippen MR) is 177 cm³/mol. The first kappa shape index (κ1) is 40.8. The molecule has 3 saturated heterocycles. The smallest absolute Gasteiger partial charge is 0.302 e. The third kappa shape index (κ3) is 11.0. The summed E-state index contributed by atoms with van der Waals surface area (Å²) in [6.07, 6.45) is -13.1. The minimum absolute atomic E-state index is 0.0328. The molecule has 17 nitrogen and oxygen atoms in total. The monoisotopic (exact) mass is 727 g/mol. The van der Waals surface area contributed by atoms with Crippen LogP contribution < -0.4 is 15.4 Å². The number of carbonyl (C=O) groups is 3. The molecule has 2 amide bonds. The third-order valence-corrected chi connectivity index (χ3v) is 9.21. The Morgan fingerprint density at radius 2 is 1.69 bits per heavy atom. The first-order valence-corrected chi connectivity index (χ1v) is 17.5. The highest BCUT2D eigenvalue weighted by atomic mass is 16.8. The van der Waals surface area contributed by atoms with Crippen LogP contribution in [-0.2, 0) is 33.3 Å². The van der Waals surface area contributed by atoms with Crippen LogP contribution in [0.4, 0.5) is 0 Å². The second kappa shape index (κ2) is 19.2. The summed E-state index contributed by atoms with van der Waals surface area (Å²) in [4.78, 5) is 39.3. The minimum Gasteiger partial charge on any atom is -0.462 e. The van der Waals surface area contributed by atoms with E-state index in [-0.39, 0.29) is 30.5 Å². The number of nitrogens with zero attached hydrogens (tertiary/aromatic N) is 1. The molecular weight excluding hydrogens is 674 g/mol. The highest BCUT2D eigenvalue weighted by Gasteiger charge is 2.50. The van der Waals surface area contributed by atoms with Gasteiger partial charge in [-0.25, -0.2) is 0 Å². The van der Waals surface area contributed by atoms with E-state index in [1.54, 1.807) is 29.2 Å². The number of carbonyl (C=O) groups excluding carboxylic acids is 3. The Balaban J connectivity index is 1.47. The van der Waals surface area contributed by atoms with Crippen LogP contribution in [0.2, 0.25) is 0 Å². The van der Waals surface area contributed by atoms with Crippen molar-refractivity contribution in [1.29, 1.82) is 0 Å². The Hall–Kier alpha value is -2.97. The lowest BCUT2D eigenvalue weighted by Crippen LogP contribution is -2.64. The van der Waals surface area contributed by atoms with Crippen molar-refractivity contribution >= 4 is 17.8 Å². The number of ether oxygens (including phenoxy) is 5. The molecule has 0 radical (unpaired) electrons. The van der Waals surface area contributed by atoms with Crippen molar-refractivity contribution in [3.8, 4) is 5.75 Å². The number of aliphatic hydroxyl groups is 6. The molecule has 0 saturated carbocycles. The highest BCUT2D eigenvalue weighted by Crippen LogP contribution is 2.31. The van der Waals surface area contributed by atoms with Gasteiger partial charge in [0.05, 0.1) is 19.3 Å². The molecule has 1 aromatic rings. The van der Waals surface area contributed by atoms with Crippen molar-refractivity contribution in [2.24, 2.45) is 0 Å². The number of rotatable bonds is 9. The van der Waals surface area contributed by atoms with Crippen LogP contribution in [0.1, 0.15) is 64.5 Å². The van der Waals surface area contributed by atoms with Crippen molar-refractivity contribution in [2.45, 2.75) is 126 Å². The van der Waals surface area contributed by atoms with E-state index in [1.807, 2.05) is 6.92 Å². The summed E-state index contributed by atoms with van der Waals surface area (Å²) >= 11 is 0. The van der Waals surface area contributed by atoms with Crippen molar-refractivity contribution < 1.29 is 68.7 Å². The van der Waals surface area contributed by atoms with Gasteiger partial charge in [-0.2, -0.15) is 0 Å². The van der Waals surface area contributed by atoms with Gasteiger partial charge in [0.15, 0.2) is 12.4 Å². The van der Waals surface area contributed by atoms with Crippen LogP contribution in [0.15, 0.2) is 24.3 Å². The average molecular weight is 728 g/mol. The summed E-state index contributed by atoms with van der Waals surface area (Å²) in [5.74, 6) is -0.409. The lowest BCUT2D eigenvalue weighted by Gasteiger charge is -2.45. The molecule has 17 heteroatoms. The van der Waals surface area contributed by atoms with Gasteiger partial charge in [-0.3, -0.25) is 14.4 Å². The van der Waals surface area contributed by atoms with E-state index in [4.69, 9.17) is 23.7 Å². The number of amides is 2. The minimum atomic E-state index is -1.77. The molecule has 0 aliphatic carbocycles.